The first-order valence-electron chi connectivity index (χ1n) is 9.82. The Labute approximate surface area is 174 Å². The molecule has 2 atom stereocenters. The molecule has 0 aromatic heterocycles. The highest BCUT2D eigenvalue weighted by molar-refractivity contribution is 6.21. The Morgan fingerprint density at radius 3 is 2.07 bits per heavy atom. The van der Waals surface area contributed by atoms with Crippen LogP contribution in [0, 0.1) is 5.92 Å². The number of carbonyl (C=O) groups is 3. The number of esters is 1. The molecule has 1 aliphatic heterocycles. The average Bonchev–Trinajstić information content (AvgIpc) is 2.76. The number of hydrogen-bond acceptors (Lipinski definition) is 4. The van der Waals surface area contributed by atoms with Crippen LogP contribution in [-0.4, -0.2) is 17.7 Å². The zero-order valence-corrected chi connectivity index (χ0v) is 16.3. The number of rotatable bonds is 5. The summed E-state index contributed by atoms with van der Waals surface area (Å²) in [6.45, 7) is 0. The molecule has 0 bridgehead atoms. The molecule has 5 nitrogen and oxygen atoms in total. The Hall–Kier alpha value is -3.73. The van der Waals surface area contributed by atoms with E-state index in [0.29, 0.717) is 5.69 Å². The van der Waals surface area contributed by atoms with Gasteiger partial charge in [0.1, 0.15) is 6.10 Å². The predicted octanol–water partition coefficient (Wildman–Crippen LogP) is 4.09. The monoisotopic (exact) mass is 399 g/mol. The fourth-order valence-electron chi connectivity index (χ4n) is 3.54. The maximum atomic E-state index is 12.6. The number of cyclic esters (lactones) is 1. The van der Waals surface area contributed by atoms with Crippen molar-refractivity contribution in [3.63, 3.8) is 0 Å². The van der Waals surface area contributed by atoms with Crippen LogP contribution in [0.5, 0.6) is 0 Å². The minimum atomic E-state index is -1.44. The summed E-state index contributed by atoms with van der Waals surface area (Å²) in [7, 11) is 0. The van der Waals surface area contributed by atoms with Gasteiger partial charge in [-0.3, -0.25) is 14.4 Å². The smallest absolute Gasteiger partial charge is 0.326 e. The van der Waals surface area contributed by atoms with Gasteiger partial charge in [-0.1, -0.05) is 72.8 Å². The highest BCUT2D eigenvalue weighted by Crippen LogP contribution is 2.30. The van der Waals surface area contributed by atoms with Crippen LogP contribution in [0.15, 0.2) is 84.9 Å². The molecule has 1 fully saturated rings. The second-order valence-corrected chi connectivity index (χ2v) is 7.29. The summed E-state index contributed by atoms with van der Waals surface area (Å²) in [4.78, 5) is 37.5. The van der Waals surface area contributed by atoms with Crippen LogP contribution < -0.4 is 5.32 Å². The average molecular weight is 399 g/mol. The van der Waals surface area contributed by atoms with E-state index in [1.807, 2.05) is 48.5 Å². The fraction of sp³-hybridized carbons (Fsp3) is 0.160. The first kappa shape index (κ1) is 19.6. The first-order chi connectivity index (χ1) is 14.6. The Kier molecular flexibility index (Phi) is 5.70. The number of nitrogens with one attached hydrogen (secondary N) is 1. The molecule has 150 valence electrons. The summed E-state index contributed by atoms with van der Waals surface area (Å²) in [5.41, 5.74) is 3.56. The third kappa shape index (κ3) is 4.46. The summed E-state index contributed by atoms with van der Waals surface area (Å²) in [6.07, 6.45) is 0.125. The molecule has 30 heavy (non-hydrogen) atoms. The molecular formula is C25H21NO4. The van der Waals surface area contributed by atoms with Gasteiger partial charge >= 0.3 is 5.97 Å². The molecule has 0 spiro atoms. The van der Waals surface area contributed by atoms with E-state index in [4.69, 9.17) is 4.74 Å². The lowest BCUT2D eigenvalue weighted by molar-refractivity contribution is -0.166. The van der Waals surface area contributed by atoms with E-state index in [0.717, 1.165) is 17.5 Å². The summed E-state index contributed by atoms with van der Waals surface area (Å²) in [5.74, 6) is -3.34. The number of amides is 1. The Balaban J connectivity index is 1.39. The predicted molar refractivity (Wildman–Crippen MR) is 113 cm³/mol. The van der Waals surface area contributed by atoms with Crippen molar-refractivity contribution in [3.8, 4) is 0 Å². The first-order valence-corrected chi connectivity index (χ1v) is 9.82. The lowest BCUT2D eigenvalue weighted by Gasteiger charge is -2.26. The quantitative estimate of drug-likeness (QED) is 0.518. The second kappa shape index (κ2) is 8.74. The standard InChI is InChI=1S/C25H21NO4/c27-21-16-22(19-9-5-2-6-10-19)30-25(29)23(21)24(28)26-20-13-11-18(12-14-20)15-17-7-3-1-4-8-17/h1-14,22-23H,15-16H2,(H,26,28). The van der Waals surface area contributed by atoms with E-state index >= 15 is 0 Å². The molecule has 4 rings (SSSR count). The van der Waals surface area contributed by atoms with E-state index in [1.54, 1.807) is 24.3 Å². The maximum Gasteiger partial charge on any atom is 0.326 e. The van der Waals surface area contributed by atoms with Gasteiger partial charge in [0, 0.05) is 12.1 Å². The SMILES string of the molecule is O=C1CC(c2ccccc2)OC(=O)C1C(=O)Nc1ccc(Cc2ccccc2)cc1. The van der Waals surface area contributed by atoms with Gasteiger partial charge in [-0.05, 0) is 35.2 Å². The molecule has 0 radical (unpaired) electrons. The Morgan fingerprint density at radius 2 is 1.43 bits per heavy atom. The van der Waals surface area contributed by atoms with Crippen LogP contribution in [0.1, 0.15) is 29.2 Å². The van der Waals surface area contributed by atoms with E-state index in [1.165, 1.54) is 5.56 Å². The number of anilines is 1. The van der Waals surface area contributed by atoms with Crippen molar-refractivity contribution in [1.29, 1.82) is 0 Å². The summed E-state index contributed by atoms with van der Waals surface area (Å²) in [6, 6.07) is 26.5. The van der Waals surface area contributed by atoms with Crippen molar-refractivity contribution in [2.24, 2.45) is 5.92 Å². The topological polar surface area (TPSA) is 72.5 Å². The minimum Gasteiger partial charge on any atom is -0.456 e. The van der Waals surface area contributed by atoms with Crippen LogP contribution in [0.25, 0.3) is 0 Å². The molecule has 0 aliphatic carbocycles. The van der Waals surface area contributed by atoms with Gasteiger partial charge in [-0.15, -0.1) is 0 Å². The van der Waals surface area contributed by atoms with Gasteiger partial charge in [0.15, 0.2) is 11.7 Å². The third-order valence-electron chi connectivity index (χ3n) is 5.11. The van der Waals surface area contributed by atoms with Crippen molar-refractivity contribution in [2.45, 2.75) is 18.9 Å². The molecule has 1 heterocycles. The fourth-order valence-corrected chi connectivity index (χ4v) is 3.54. The van der Waals surface area contributed by atoms with Gasteiger partial charge in [-0.25, -0.2) is 0 Å². The van der Waals surface area contributed by atoms with Crippen molar-refractivity contribution in [1.82, 2.24) is 0 Å². The van der Waals surface area contributed by atoms with Crippen molar-refractivity contribution in [2.75, 3.05) is 5.32 Å². The number of ether oxygens (including phenoxy) is 1. The van der Waals surface area contributed by atoms with Crippen LogP contribution in [0.3, 0.4) is 0 Å². The van der Waals surface area contributed by atoms with Crippen molar-refractivity contribution in [3.05, 3.63) is 102 Å². The van der Waals surface area contributed by atoms with Crippen LogP contribution >= 0.6 is 0 Å². The number of carbonyl (C=O) groups excluding carboxylic acids is 3. The van der Waals surface area contributed by atoms with Crippen molar-refractivity contribution >= 4 is 23.3 Å². The molecular weight excluding hydrogens is 378 g/mol. The Morgan fingerprint density at radius 1 is 0.833 bits per heavy atom. The van der Waals surface area contributed by atoms with Gasteiger partial charge in [-0.2, -0.15) is 0 Å². The van der Waals surface area contributed by atoms with E-state index in [9.17, 15) is 14.4 Å². The zero-order chi connectivity index (χ0) is 20.9. The van der Waals surface area contributed by atoms with Gasteiger partial charge in [0.25, 0.3) is 0 Å². The van der Waals surface area contributed by atoms with Crippen molar-refractivity contribution < 1.29 is 19.1 Å². The highest BCUT2D eigenvalue weighted by atomic mass is 16.5. The highest BCUT2D eigenvalue weighted by Gasteiger charge is 2.42. The normalized spacial score (nSPS) is 18.5. The summed E-state index contributed by atoms with van der Waals surface area (Å²) in [5, 5.41) is 2.66. The molecule has 5 heteroatoms. The molecule has 1 amide bonds. The number of hydrogen-bond donors (Lipinski definition) is 1. The van der Waals surface area contributed by atoms with Gasteiger partial charge < -0.3 is 10.1 Å². The van der Waals surface area contributed by atoms with Gasteiger partial charge in [0.05, 0.1) is 0 Å². The maximum absolute atomic E-state index is 12.6. The molecule has 1 aliphatic rings. The minimum absolute atomic E-state index is 0.0101. The number of Topliss-reactive ketones (excluding diaryl/α,β-unsaturated/α-hetero) is 1. The number of ketones is 1. The summed E-state index contributed by atoms with van der Waals surface area (Å²) < 4.78 is 5.38. The second-order valence-electron chi connectivity index (χ2n) is 7.29. The molecule has 1 saturated heterocycles. The molecule has 1 N–H and O–H groups in total. The molecule has 2 unspecified atom stereocenters. The van der Waals surface area contributed by atoms with Crippen LogP contribution in [0.2, 0.25) is 0 Å². The Bertz CT molecular complexity index is 1030. The zero-order valence-electron chi connectivity index (χ0n) is 16.3. The van der Waals surface area contributed by atoms with E-state index in [2.05, 4.69) is 17.4 Å². The number of benzene rings is 3. The van der Waals surface area contributed by atoms with Crippen LogP contribution in [-0.2, 0) is 25.5 Å². The third-order valence-corrected chi connectivity index (χ3v) is 5.11. The van der Waals surface area contributed by atoms with Gasteiger partial charge in [0.2, 0.25) is 5.91 Å². The van der Waals surface area contributed by atoms with E-state index in [-0.39, 0.29) is 6.42 Å². The lowest BCUT2D eigenvalue weighted by Crippen LogP contribution is -2.42. The van der Waals surface area contributed by atoms with Crippen LogP contribution in [0.4, 0.5) is 5.69 Å². The molecule has 3 aromatic carbocycles. The molecule has 0 saturated carbocycles. The van der Waals surface area contributed by atoms with E-state index < -0.39 is 29.7 Å². The molecule has 3 aromatic rings. The lowest BCUT2D eigenvalue weighted by atomic mass is 9.92. The largest absolute Gasteiger partial charge is 0.456 e. The summed E-state index contributed by atoms with van der Waals surface area (Å²) >= 11 is 0.